The molecule has 2 amide bonds. The summed E-state index contributed by atoms with van der Waals surface area (Å²) in [7, 11) is 0. The van der Waals surface area contributed by atoms with E-state index in [0.29, 0.717) is 17.2 Å². The maximum Gasteiger partial charge on any atom is 0.243 e. The number of amides is 2. The van der Waals surface area contributed by atoms with Crippen LogP contribution in [0.5, 0.6) is 0 Å². The molecule has 0 bridgehead atoms. The molecule has 2 aromatic rings. The largest absolute Gasteiger partial charge is 0.352 e. The molecule has 4 nitrogen and oxygen atoms in total. The van der Waals surface area contributed by atoms with Crippen molar-refractivity contribution in [2.75, 3.05) is 5.75 Å². The van der Waals surface area contributed by atoms with Crippen LogP contribution in [0.2, 0.25) is 5.02 Å². The van der Waals surface area contributed by atoms with Crippen LogP contribution >= 0.6 is 23.4 Å². The van der Waals surface area contributed by atoms with Crippen LogP contribution in [0.1, 0.15) is 44.7 Å². The zero-order chi connectivity index (χ0) is 22.8. The molecule has 0 fully saturated rings. The van der Waals surface area contributed by atoms with Gasteiger partial charge in [-0.3, -0.25) is 9.59 Å². The van der Waals surface area contributed by atoms with Gasteiger partial charge in [0.2, 0.25) is 11.8 Å². The second kappa shape index (κ2) is 12.7. The highest BCUT2D eigenvalue weighted by molar-refractivity contribution is 7.99. The number of nitrogens with zero attached hydrogens (tertiary/aromatic N) is 1. The molecule has 0 aliphatic heterocycles. The van der Waals surface area contributed by atoms with Crippen molar-refractivity contribution in [3.8, 4) is 0 Å². The number of carbonyl (C=O) groups is 2. The van der Waals surface area contributed by atoms with Gasteiger partial charge in [0.25, 0.3) is 0 Å². The summed E-state index contributed by atoms with van der Waals surface area (Å²) in [5.74, 6) is 0.311. The first kappa shape index (κ1) is 25.2. The fraction of sp³-hybridized carbons (Fsp3) is 0.417. The van der Waals surface area contributed by atoms with E-state index in [9.17, 15) is 14.0 Å². The third-order valence-corrected chi connectivity index (χ3v) is 6.30. The number of carbonyl (C=O) groups excluding carboxylic acids is 2. The van der Waals surface area contributed by atoms with Gasteiger partial charge in [-0.1, -0.05) is 49.7 Å². The van der Waals surface area contributed by atoms with E-state index in [4.69, 9.17) is 11.6 Å². The van der Waals surface area contributed by atoms with Crippen LogP contribution in [0.3, 0.4) is 0 Å². The fourth-order valence-corrected chi connectivity index (χ4v) is 4.06. The average molecular weight is 465 g/mol. The Morgan fingerprint density at radius 1 is 1.03 bits per heavy atom. The van der Waals surface area contributed by atoms with Gasteiger partial charge in [0.05, 0.1) is 5.75 Å². The Bertz CT molecular complexity index is 846. The van der Waals surface area contributed by atoms with Gasteiger partial charge in [-0.2, -0.15) is 0 Å². The summed E-state index contributed by atoms with van der Waals surface area (Å²) in [6, 6.07) is 13.0. The minimum absolute atomic E-state index is 0.0311. The summed E-state index contributed by atoms with van der Waals surface area (Å²) in [4.78, 5) is 27.6. The molecule has 2 atom stereocenters. The molecule has 0 aliphatic rings. The van der Waals surface area contributed by atoms with E-state index in [0.717, 1.165) is 17.5 Å². The predicted molar refractivity (Wildman–Crippen MR) is 127 cm³/mol. The van der Waals surface area contributed by atoms with E-state index < -0.39 is 6.04 Å². The maximum absolute atomic E-state index is 13.3. The number of hydrogen-bond donors (Lipinski definition) is 1. The van der Waals surface area contributed by atoms with Crippen LogP contribution < -0.4 is 5.32 Å². The number of rotatable bonds is 11. The van der Waals surface area contributed by atoms with Gasteiger partial charge >= 0.3 is 0 Å². The Labute approximate surface area is 193 Å². The normalized spacial score (nSPS) is 12.8. The fourth-order valence-electron chi connectivity index (χ4n) is 3.07. The molecule has 2 aromatic carbocycles. The molecule has 0 heterocycles. The maximum atomic E-state index is 13.3. The summed E-state index contributed by atoms with van der Waals surface area (Å²) in [6.45, 7) is 6.10. The van der Waals surface area contributed by atoms with E-state index >= 15 is 0 Å². The summed E-state index contributed by atoms with van der Waals surface area (Å²) in [5.41, 5.74) is 1.86. The first-order chi connectivity index (χ1) is 14.8. The van der Waals surface area contributed by atoms with Gasteiger partial charge in [0.15, 0.2) is 0 Å². The van der Waals surface area contributed by atoms with Crippen molar-refractivity contribution >= 4 is 35.2 Å². The Kier molecular flexibility index (Phi) is 10.3. The van der Waals surface area contributed by atoms with E-state index in [1.165, 1.54) is 23.9 Å². The van der Waals surface area contributed by atoms with Crippen molar-refractivity contribution in [3.05, 3.63) is 70.5 Å². The molecule has 1 N–H and O–H groups in total. The van der Waals surface area contributed by atoms with Crippen LogP contribution in [0, 0.1) is 5.82 Å². The summed E-state index contributed by atoms with van der Waals surface area (Å²) >= 11 is 7.42. The van der Waals surface area contributed by atoms with E-state index in [1.807, 2.05) is 45.0 Å². The summed E-state index contributed by atoms with van der Waals surface area (Å²) < 4.78 is 13.3. The summed E-state index contributed by atoms with van der Waals surface area (Å²) in [6.07, 6.45) is 1.31. The topological polar surface area (TPSA) is 49.4 Å². The number of benzene rings is 2. The van der Waals surface area contributed by atoms with Gasteiger partial charge in [0.1, 0.15) is 11.9 Å². The smallest absolute Gasteiger partial charge is 0.243 e. The molecule has 31 heavy (non-hydrogen) atoms. The molecule has 0 aromatic heterocycles. The highest BCUT2D eigenvalue weighted by atomic mass is 35.5. The van der Waals surface area contributed by atoms with Gasteiger partial charge in [0, 0.05) is 23.4 Å². The average Bonchev–Trinajstić information content (AvgIpc) is 2.76. The SMILES string of the molecule is CC[C@H](C)NC(=O)[C@H](CC)N(Cc1ccc(F)cc1)C(=O)CSCc1ccc(Cl)cc1. The summed E-state index contributed by atoms with van der Waals surface area (Å²) in [5, 5.41) is 3.66. The van der Waals surface area contributed by atoms with Crippen LogP contribution in [0.4, 0.5) is 4.39 Å². The molecule has 0 unspecified atom stereocenters. The van der Waals surface area contributed by atoms with Crippen molar-refractivity contribution < 1.29 is 14.0 Å². The minimum atomic E-state index is -0.581. The highest BCUT2D eigenvalue weighted by Crippen LogP contribution is 2.19. The lowest BCUT2D eigenvalue weighted by Gasteiger charge is -2.31. The number of halogens is 2. The molecule has 0 spiro atoms. The molecule has 0 radical (unpaired) electrons. The Morgan fingerprint density at radius 3 is 2.23 bits per heavy atom. The Hall–Kier alpha value is -2.05. The molecular weight excluding hydrogens is 435 g/mol. The Balaban J connectivity index is 2.12. The first-order valence-corrected chi connectivity index (χ1v) is 12.0. The molecule has 7 heteroatoms. The second-order valence-electron chi connectivity index (χ2n) is 7.51. The van der Waals surface area contributed by atoms with Crippen LogP contribution in [-0.2, 0) is 21.9 Å². The van der Waals surface area contributed by atoms with Crippen LogP contribution in [0.15, 0.2) is 48.5 Å². The second-order valence-corrected chi connectivity index (χ2v) is 8.93. The Morgan fingerprint density at radius 2 is 1.65 bits per heavy atom. The molecule has 0 aliphatic carbocycles. The third-order valence-electron chi connectivity index (χ3n) is 5.06. The quantitative estimate of drug-likeness (QED) is 0.482. The zero-order valence-electron chi connectivity index (χ0n) is 18.2. The lowest BCUT2D eigenvalue weighted by Crippen LogP contribution is -2.51. The lowest BCUT2D eigenvalue weighted by molar-refractivity contribution is -0.139. The number of thioether (sulfide) groups is 1. The van der Waals surface area contributed by atoms with Crippen LogP contribution in [0.25, 0.3) is 0 Å². The molecular formula is C24H30ClFN2O2S. The van der Waals surface area contributed by atoms with E-state index in [-0.39, 0.29) is 36.0 Å². The first-order valence-electron chi connectivity index (χ1n) is 10.5. The van der Waals surface area contributed by atoms with Crippen molar-refractivity contribution in [1.29, 1.82) is 0 Å². The van der Waals surface area contributed by atoms with Gasteiger partial charge in [-0.05, 0) is 55.2 Å². The molecule has 0 saturated carbocycles. The monoisotopic (exact) mass is 464 g/mol. The number of nitrogens with one attached hydrogen (secondary N) is 1. The van der Waals surface area contributed by atoms with E-state index in [1.54, 1.807) is 17.0 Å². The van der Waals surface area contributed by atoms with Crippen molar-refractivity contribution in [2.45, 2.75) is 58.0 Å². The van der Waals surface area contributed by atoms with Crippen molar-refractivity contribution in [3.63, 3.8) is 0 Å². The minimum Gasteiger partial charge on any atom is -0.352 e. The highest BCUT2D eigenvalue weighted by Gasteiger charge is 2.29. The standard InChI is InChI=1S/C24H30ClFN2O2S/c1-4-17(3)27-24(30)22(5-2)28(14-18-8-12-21(26)13-9-18)23(29)16-31-15-19-6-10-20(25)11-7-19/h6-13,17,22H,4-5,14-16H2,1-3H3,(H,27,30)/t17-,22-/m0/s1. The predicted octanol–water partition coefficient (Wildman–Crippen LogP) is 5.43. The van der Waals surface area contributed by atoms with Gasteiger partial charge < -0.3 is 10.2 Å². The van der Waals surface area contributed by atoms with Gasteiger partial charge in [-0.15, -0.1) is 11.8 Å². The molecule has 2 rings (SSSR count). The number of hydrogen-bond acceptors (Lipinski definition) is 3. The third kappa shape index (κ3) is 8.19. The van der Waals surface area contributed by atoms with E-state index in [2.05, 4.69) is 5.32 Å². The van der Waals surface area contributed by atoms with Crippen LogP contribution in [-0.4, -0.2) is 34.6 Å². The molecule has 168 valence electrons. The van der Waals surface area contributed by atoms with Gasteiger partial charge in [-0.25, -0.2) is 4.39 Å². The van der Waals surface area contributed by atoms with Crippen molar-refractivity contribution in [1.82, 2.24) is 10.2 Å². The molecule has 0 saturated heterocycles. The lowest BCUT2D eigenvalue weighted by atomic mass is 10.1. The zero-order valence-corrected chi connectivity index (χ0v) is 19.8. The van der Waals surface area contributed by atoms with Crippen molar-refractivity contribution in [2.24, 2.45) is 0 Å².